The molecule has 3 nitrogen and oxygen atoms in total. The Bertz CT molecular complexity index is 1070. The summed E-state index contributed by atoms with van der Waals surface area (Å²) in [6.07, 6.45) is 0. The average molecular weight is 283 g/mol. The van der Waals surface area contributed by atoms with Crippen molar-refractivity contribution in [3.63, 3.8) is 0 Å². The number of benzene rings is 3. The number of nitrogens with two attached hydrogens (primary N) is 1. The second-order valence-corrected chi connectivity index (χ2v) is 5.64. The van der Waals surface area contributed by atoms with Crippen LogP contribution in [0.1, 0.15) is 0 Å². The van der Waals surface area contributed by atoms with Gasteiger partial charge < -0.3 is 11.1 Å². The minimum Gasteiger partial charge on any atom is -0.399 e. The lowest BCUT2D eigenvalue weighted by Crippen LogP contribution is -2.03. The largest absolute Gasteiger partial charge is 0.399 e. The second kappa shape index (κ2) is 3.98. The van der Waals surface area contributed by atoms with Crippen molar-refractivity contribution >= 4 is 38.7 Å². The molecule has 0 fully saturated rings. The van der Waals surface area contributed by atoms with Crippen LogP contribution in [0.2, 0.25) is 0 Å². The molecule has 3 N–H and O–H groups in total. The Morgan fingerprint density at radius 1 is 0.818 bits per heavy atom. The Morgan fingerprint density at radius 2 is 1.68 bits per heavy atom. The number of nitrogen functional groups attached to an aromatic ring is 1. The van der Waals surface area contributed by atoms with Gasteiger partial charge in [0.1, 0.15) is 0 Å². The monoisotopic (exact) mass is 283 g/mol. The molecule has 4 aromatic rings. The van der Waals surface area contributed by atoms with Crippen molar-refractivity contribution in [2.75, 3.05) is 11.1 Å². The normalized spacial score (nSPS) is 12.2. The van der Waals surface area contributed by atoms with Crippen LogP contribution in [0, 0.1) is 0 Å². The second-order valence-electron chi connectivity index (χ2n) is 5.64. The smallest absolute Gasteiger partial charge is 0.0829 e. The number of fused-ring (bicyclic) bond motifs is 4. The molecule has 22 heavy (non-hydrogen) atoms. The Hall–Kier alpha value is -3.07. The van der Waals surface area contributed by atoms with Gasteiger partial charge in [0.15, 0.2) is 0 Å². The Labute approximate surface area is 127 Å². The molecule has 0 spiro atoms. The molecular formula is C19H13N3. The van der Waals surface area contributed by atoms with Crippen LogP contribution in [0.15, 0.2) is 60.7 Å². The molecule has 0 aliphatic carbocycles. The Kier molecular flexibility index (Phi) is 2.09. The fourth-order valence-electron chi connectivity index (χ4n) is 3.32. The van der Waals surface area contributed by atoms with Gasteiger partial charge in [0.05, 0.1) is 11.2 Å². The first-order valence-corrected chi connectivity index (χ1v) is 7.30. The molecule has 2 heterocycles. The van der Waals surface area contributed by atoms with Gasteiger partial charge >= 0.3 is 0 Å². The van der Waals surface area contributed by atoms with E-state index in [4.69, 9.17) is 10.7 Å². The average Bonchev–Trinajstić information content (AvgIpc) is 2.54. The number of rotatable bonds is 0. The molecule has 0 amide bonds. The quantitative estimate of drug-likeness (QED) is 0.320. The van der Waals surface area contributed by atoms with E-state index in [1.165, 1.54) is 10.8 Å². The summed E-state index contributed by atoms with van der Waals surface area (Å²) in [6, 6.07) is 20.6. The van der Waals surface area contributed by atoms with Gasteiger partial charge in [0, 0.05) is 33.4 Å². The van der Waals surface area contributed by atoms with Gasteiger partial charge in [-0.25, -0.2) is 4.98 Å². The van der Waals surface area contributed by atoms with Crippen molar-refractivity contribution in [2.45, 2.75) is 0 Å². The van der Waals surface area contributed by atoms with E-state index in [0.29, 0.717) is 0 Å². The molecule has 0 unspecified atom stereocenters. The first-order chi connectivity index (χ1) is 10.8. The highest BCUT2D eigenvalue weighted by Crippen LogP contribution is 2.44. The molecule has 1 aliphatic heterocycles. The van der Waals surface area contributed by atoms with Crippen LogP contribution in [-0.2, 0) is 0 Å². The van der Waals surface area contributed by atoms with Gasteiger partial charge in [-0.2, -0.15) is 0 Å². The molecule has 5 rings (SSSR count). The summed E-state index contributed by atoms with van der Waals surface area (Å²) >= 11 is 0. The fourth-order valence-corrected chi connectivity index (χ4v) is 3.32. The van der Waals surface area contributed by atoms with Gasteiger partial charge in [-0.3, -0.25) is 0 Å². The summed E-state index contributed by atoms with van der Waals surface area (Å²) in [4.78, 5) is 4.92. The number of hydrogen-bond acceptors (Lipinski definition) is 3. The van der Waals surface area contributed by atoms with Crippen LogP contribution in [0.3, 0.4) is 0 Å². The van der Waals surface area contributed by atoms with Crippen LogP contribution in [-0.4, -0.2) is 4.98 Å². The first kappa shape index (κ1) is 11.6. The Balaban J connectivity index is 2.04. The molecule has 3 aromatic carbocycles. The topological polar surface area (TPSA) is 50.9 Å². The summed E-state index contributed by atoms with van der Waals surface area (Å²) in [5, 5.41) is 7.04. The molecule has 0 atom stereocenters. The summed E-state index contributed by atoms with van der Waals surface area (Å²) in [6.45, 7) is 0. The highest BCUT2D eigenvalue weighted by molar-refractivity contribution is 6.18. The van der Waals surface area contributed by atoms with Gasteiger partial charge in [0.25, 0.3) is 0 Å². The van der Waals surface area contributed by atoms with Crippen molar-refractivity contribution in [2.24, 2.45) is 0 Å². The summed E-state index contributed by atoms with van der Waals surface area (Å²) in [5.41, 5.74) is 12.0. The zero-order chi connectivity index (χ0) is 14.7. The maximum absolute atomic E-state index is 5.95. The van der Waals surface area contributed by atoms with Crippen molar-refractivity contribution < 1.29 is 0 Å². The molecule has 0 bridgehead atoms. The van der Waals surface area contributed by atoms with E-state index >= 15 is 0 Å². The standard InChI is InChI=1S/C19H13N3/c20-11-8-9-12-13-5-3-7-16-18(13)19(22-17(12)10-11)14-4-1-2-6-15(14)21-16/h1-10,21H,20H2. The predicted octanol–water partition coefficient (Wildman–Crippen LogP) is 4.69. The van der Waals surface area contributed by atoms with Crippen molar-refractivity contribution in [1.82, 2.24) is 4.98 Å². The lowest BCUT2D eigenvalue weighted by molar-refractivity contribution is 1.40. The van der Waals surface area contributed by atoms with Gasteiger partial charge in [-0.15, -0.1) is 0 Å². The van der Waals surface area contributed by atoms with Crippen LogP contribution in [0.25, 0.3) is 32.9 Å². The SMILES string of the molecule is Nc1ccc2c(c1)nc1c3c(cccc32)Nc2ccccc2-1. The molecular weight excluding hydrogens is 270 g/mol. The highest BCUT2D eigenvalue weighted by atomic mass is 14.9. The summed E-state index contributed by atoms with van der Waals surface area (Å²) in [7, 11) is 0. The molecule has 0 radical (unpaired) electrons. The van der Waals surface area contributed by atoms with E-state index in [0.717, 1.165) is 39.2 Å². The molecule has 3 heteroatoms. The summed E-state index contributed by atoms with van der Waals surface area (Å²) in [5.74, 6) is 0. The lowest BCUT2D eigenvalue weighted by atomic mass is 9.94. The third-order valence-corrected chi connectivity index (χ3v) is 4.30. The minimum atomic E-state index is 0.741. The number of hydrogen-bond donors (Lipinski definition) is 2. The van der Waals surface area contributed by atoms with Crippen LogP contribution < -0.4 is 11.1 Å². The Morgan fingerprint density at radius 3 is 2.64 bits per heavy atom. The third kappa shape index (κ3) is 1.42. The van der Waals surface area contributed by atoms with E-state index < -0.39 is 0 Å². The summed E-state index contributed by atoms with van der Waals surface area (Å²) < 4.78 is 0. The molecule has 0 saturated carbocycles. The van der Waals surface area contributed by atoms with Crippen LogP contribution in [0.5, 0.6) is 0 Å². The zero-order valence-electron chi connectivity index (χ0n) is 11.8. The van der Waals surface area contributed by atoms with Gasteiger partial charge in [0.2, 0.25) is 0 Å². The zero-order valence-corrected chi connectivity index (χ0v) is 11.8. The first-order valence-electron chi connectivity index (χ1n) is 7.30. The van der Waals surface area contributed by atoms with E-state index in [-0.39, 0.29) is 0 Å². The minimum absolute atomic E-state index is 0.741. The molecule has 104 valence electrons. The number of para-hydroxylation sites is 1. The van der Waals surface area contributed by atoms with Crippen LogP contribution >= 0.6 is 0 Å². The number of aromatic nitrogens is 1. The van der Waals surface area contributed by atoms with Crippen molar-refractivity contribution in [1.29, 1.82) is 0 Å². The van der Waals surface area contributed by atoms with E-state index in [2.05, 4.69) is 41.7 Å². The van der Waals surface area contributed by atoms with Crippen molar-refractivity contribution in [3.05, 3.63) is 60.7 Å². The number of nitrogens with zero attached hydrogens (tertiary/aromatic N) is 1. The van der Waals surface area contributed by atoms with E-state index in [1.54, 1.807) is 0 Å². The molecule has 1 aromatic heterocycles. The number of pyridine rings is 1. The highest BCUT2D eigenvalue weighted by Gasteiger charge is 2.20. The van der Waals surface area contributed by atoms with E-state index in [1.807, 2.05) is 24.3 Å². The van der Waals surface area contributed by atoms with Gasteiger partial charge in [-0.1, -0.05) is 36.4 Å². The maximum Gasteiger partial charge on any atom is 0.0829 e. The van der Waals surface area contributed by atoms with Crippen molar-refractivity contribution in [3.8, 4) is 11.3 Å². The fraction of sp³-hybridized carbons (Fsp3) is 0. The number of anilines is 3. The predicted molar refractivity (Wildman–Crippen MR) is 92.4 cm³/mol. The molecule has 1 aliphatic rings. The van der Waals surface area contributed by atoms with E-state index in [9.17, 15) is 0 Å². The number of nitrogens with one attached hydrogen (secondary N) is 1. The third-order valence-electron chi connectivity index (χ3n) is 4.30. The van der Waals surface area contributed by atoms with Gasteiger partial charge in [-0.05, 0) is 29.7 Å². The molecule has 0 saturated heterocycles. The maximum atomic E-state index is 5.95. The lowest BCUT2D eigenvalue weighted by Gasteiger charge is -2.22. The van der Waals surface area contributed by atoms with Crippen LogP contribution in [0.4, 0.5) is 17.1 Å².